The molecule has 1 aromatic heterocycles. The van der Waals surface area contributed by atoms with E-state index < -0.39 is 17.7 Å². The van der Waals surface area contributed by atoms with Crippen LogP contribution in [0.5, 0.6) is 0 Å². The average Bonchev–Trinajstić information content (AvgIpc) is 2.92. The van der Waals surface area contributed by atoms with E-state index in [2.05, 4.69) is 5.10 Å². The molecule has 0 radical (unpaired) electrons. The normalized spacial score (nSPS) is 18.9. The molecule has 1 N–H and O–H groups in total. The van der Waals surface area contributed by atoms with Gasteiger partial charge in [-0.3, -0.25) is 4.68 Å². The number of hydrogen-bond acceptors (Lipinski definition) is 4. The van der Waals surface area contributed by atoms with E-state index in [0.717, 1.165) is 0 Å². The quantitative estimate of drug-likeness (QED) is 0.906. The van der Waals surface area contributed by atoms with Gasteiger partial charge in [-0.05, 0) is 27.2 Å². The number of ether oxygens (including phenoxy) is 1. The molecule has 1 amide bonds. The van der Waals surface area contributed by atoms with Gasteiger partial charge in [0.1, 0.15) is 5.60 Å². The predicted octanol–water partition coefficient (Wildman–Crippen LogP) is 2.42. The molecule has 2 rings (SSSR count). The summed E-state index contributed by atoms with van der Waals surface area (Å²) >= 11 is 5.84. The second-order valence-corrected chi connectivity index (χ2v) is 6.37. The molecule has 1 unspecified atom stereocenters. The maximum absolute atomic E-state index is 12.0. The first-order valence-corrected chi connectivity index (χ1v) is 7.01. The zero-order valence-corrected chi connectivity index (χ0v) is 12.9. The number of aromatic carboxylic acids is 1. The highest BCUT2D eigenvalue weighted by Gasteiger charge is 2.33. The second-order valence-electron chi connectivity index (χ2n) is 5.96. The predicted molar refractivity (Wildman–Crippen MR) is 75.7 cm³/mol. The third-order valence-electron chi connectivity index (χ3n) is 3.11. The van der Waals surface area contributed by atoms with Crippen LogP contribution in [-0.2, 0) is 4.74 Å². The van der Waals surface area contributed by atoms with E-state index in [-0.39, 0.29) is 16.8 Å². The molecule has 116 valence electrons. The molecule has 1 saturated heterocycles. The van der Waals surface area contributed by atoms with Crippen molar-refractivity contribution in [3.8, 4) is 0 Å². The Morgan fingerprint density at radius 3 is 2.71 bits per heavy atom. The molecule has 0 bridgehead atoms. The Hall–Kier alpha value is -1.76. The van der Waals surface area contributed by atoms with Crippen molar-refractivity contribution in [2.45, 2.75) is 38.8 Å². The van der Waals surface area contributed by atoms with E-state index in [4.69, 9.17) is 16.3 Å². The average molecular weight is 316 g/mol. The summed E-state index contributed by atoms with van der Waals surface area (Å²) in [7, 11) is 0. The number of halogens is 1. The van der Waals surface area contributed by atoms with Crippen LogP contribution >= 0.6 is 11.6 Å². The Balaban J connectivity index is 2.10. The lowest BCUT2D eigenvalue weighted by atomic mass is 10.2. The standard InChI is InChI=1S/C13H18ClN3O4/c1-13(2,3)21-12(20)16-5-4-8(7-16)17-10(11(18)19)9(14)6-15-17/h6,8H,4-5,7H2,1-3H3,(H,18,19). The minimum Gasteiger partial charge on any atom is -0.476 e. The fraction of sp³-hybridized carbons (Fsp3) is 0.615. The van der Waals surface area contributed by atoms with Gasteiger partial charge in [0.25, 0.3) is 0 Å². The van der Waals surface area contributed by atoms with Crippen molar-refractivity contribution in [1.82, 2.24) is 14.7 Å². The molecule has 8 heteroatoms. The third kappa shape index (κ3) is 3.47. The summed E-state index contributed by atoms with van der Waals surface area (Å²) in [6.45, 7) is 6.25. The van der Waals surface area contributed by atoms with Gasteiger partial charge >= 0.3 is 12.1 Å². The van der Waals surface area contributed by atoms with E-state index in [1.807, 2.05) is 0 Å². The van der Waals surface area contributed by atoms with Crippen molar-refractivity contribution in [1.29, 1.82) is 0 Å². The summed E-state index contributed by atoms with van der Waals surface area (Å²) in [5.41, 5.74) is -0.608. The van der Waals surface area contributed by atoms with Crippen molar-refractivity contribution in [2.24, 2.45) is 0 Å². The summed E-state index contributed by atoms with van der Waals surface area (Å²) in [5, 5.41) is 13.3. The second kappa shape index (κ2) is 5.55. The summed E-state index contributed by atoms with van der Waals surface area (Å²) in [5.74, 6) is -1.13. The van der Waals surface area contributed by atoms with Crippen LogP contribution in [0, 0.1) is 0 Å². The lowest BCUT2D eigenvalue weighted by molar-refractivity contribution is 0.0288. The minimum absolute atomic E-state index is 0.0484. The number of carbonyl (C=O) groups is 2. The SMILES string of the molecule is CC(C)(C)OC(=O)N1CCC(n2ncc(Cl)c2C(=O)O)C1. The summed E-state index contributed by atoms with van der Waals surface area (Å²) < 4.78 is 6.67. The van der Waals surface area contributed by atoms with Crippen molar-refractivity contribution in [3.05, 3.63) is 16.9 Å². The number of amides is 1. The van der Waals surface area contributed by atoms with E-state index in [1.54, 1.807) is 25.7 Å². The fourth-order valence-corrected chi connectivity index (χ4v) is 2.46. The number of aromatic nitrogens is 2. The van der Waals surface area contributed by atoms with Crippen LogP contribution < -0.4 is 0 Å². The lowest BCUT2D eigenvalue weighted by Gasteiger charge is -2.24. The zero-order chi connectivity index (χ0) is 15.8. The maximum Gasteiger partial charge on any atom is 0.410 e. The number of carboxylic acids is 1. The largest absolute Gasteiger partial charge is 0.476 e. The maximum atomic E-state index is 12.0. The topological polar surface area (TPSA) is 84.7 Å². The van der Waals surface area contributed by atoms with E-state index in [1.165, 1.54) is 10.9 Å². The molecule has 1 aliphatic rings. The fourth-order valence-electron chi connectivity index (χ4n) is 2.25. The monoisotopic (exact) mass is 315 g/mol. The van der Waals surface area contributed by atoms with Crippen LogP contribution in [-0.4, -0.2) is 50.5 Å². The van der Waals surface area contributed by atoms with Gasteiger partial charge < -0.3 is 14.7 Å². The van der Waals surface area contributed by atoms with Crippen molar-refractivity contribution in [3.63, 3.8) is 0 Å². The van der Waals surface area contributed by atoms with Crippen LogP contribution in [0.4, 0.5) is 4.79 Å². The smallest absolute Gasteiger partial charge is 0.410 e. The van der Waals surface area contributed by atoms with Crippen molar-refractivity contribution in [2.75, 3.05) is 13.1 Å². The molecule has 1 aliphatic heterocycles. The third-order valence-corrected chi connectivity index (χ3v) is 3.39. The number of carboxylic acid groups (broad SMARTS) is 1. The van der Waals surface area contributed by atoms with Crippen LogP contribution in [0.1, 0.15) is 43.7 Å². The molecule has 2 heterocycles. The number of nitrogens with zero attached hydrogens (tertiary/aromatic N) is 3. The highest BCUT2D eigenvalue weighted by atomic mass is 35.5. The Morgan fingerprint density at radius 2 is 2.14 bits per heavy atom. The van der Waals surface area contributed by atoms with Gasteiger partial charge in [0.05, 0.1) is 17.3 Å². The first-order valence-electron chi connectivity index (χ1n) is 6.63. The van der Waals surface area contributed by atoms with Crippen molar-refractivity contribution < 1.29 is 19.4 Å². The van der Waals surface area contributed by atoms with Gasteiger partial charge in [-0.15, -0.1) is 0 Å². The van der Waals surface area contributed by atoms with E-state index in [9.17, 15) is 14.7 Å². The number of likely N-dealkylation sites (tertiary alicyclic amines) is 1. The van der Waals surface area contributed by atoms with Crippen molar-refractivity contribution >= 4 is 23.7 Å². The molecule has 1 atom stereocenters. The van der Waals surface area contributed by atoms with Crippen LogP contribution in [0.3, 0.4) is 0 Å². The highest BCUT2D eigenvalue weighted by Crippen LogP contribution is 2.27. The zero-order valence-electron chi connectivity index (χ0n) is 12.2. The van der Waals surface area contributed by atoms with Gasteiger partial charge in [-0.25, -0.2) is 9.59 Å². The van der Waals surface area contributed by atoms with Gasteiger partial charge in [0, 0.05) is 13.1 Å². The molecule has 21 heavy (non-hydrogen) atoms. The Labute approximate surface area is 127 Å². The number of hydrogen-bond donors (Lipinski definition) is 1. The number of carbonyl (C=O) groups excluding carboxylic acids is 1. The van der Waals surface area contributed by atoms with Gasteiger partial charge in [-0.2, -0.15) is 5.10 Å². The molecule has 0 spiro atoms. The van der Waals surface area contributed by atoms with Crippen LogP contribution in [0.2, 0.25) is 5.02 Å². The van der Waals surface area contributed by atoms with Gasteiger partial charge in [-0.1, -0.05) is 11.6 Å². The first kappa shape index (κ1) is 15.6. The molecule has 1 fully saturated rings. The highest BCUT2D eigenvalue weighted by molar-refractivity contribution is 6.33. The Morgan fingerprint density at radius 1 is 1.48 bits per heavy atom. The minimum atomic E-state index is -1.13. The van der Waals surface area contributed by atoms with Crippen LogP contribution in [0.25, 0.3) is 0 Å². The molecular formula is C13H18ClN3O4. The van der Waals surface area contributed by atoms with Gasteiger partial charge in [0.2, 0.25) is 0 Å². The molecule has 1 aromatic rings. The van der Waals surface area contributed by atoms with Gasteiger partial charge in [0.15, 0.2) is 5.69 Å². The lowest BCUT2D eigenvalue weighted by Crippen LogP contribution is -2.35. The molecule has 0 saturated carbocycles. The Bertz CT molecular complexity index is 564. The number of rotatable bonds is 2. The molecule has 0 aromatic carbocycles. The summed E-state index contributed by atoms with van der Waals surface area (Å²) in [6.07, 6.45) is 1.51. The molecule has 0 aliphatic carbocycles. The Kier molecular flexibility index (Phi) is 4.13. The molecule has 7 nitrogen and oxygen atoms in total. The van der Waals surface area contributed by atoms with E-state index >= 15 is 0 Å². The summed E-state index contributed by atoms with van der Waals surface area (Å²) in [6, 6.07) is -0.212. The van der Waals surface area contributed by atoms with Crippen LogP contribution in [0.15, 0.2) is 6.20 Å². The molecular weight excluding hydrogens is 298 g/mol. The summed E-state index contributed by atoms with van der Waals surface area (Å²) in [4.78, 5) is 24.8. The van der Waals surface area contributed by atoms with E-state index in [0.29, 0.717) is 19.5 Å². The first-order chi connectivity index (χ1) is 9.69.